The summed E-state index contributed by atoms with van der Waals surface area (Å²) in [4.78, 5) is 0. The van der Waals surface area contributed by atoms with Crippen LogP contribution < -0.4 is 5.32 Å². The van der Waals surface area contributed by atoms with Gasteiger partial charge in [0.05, 0.1) is 0 Å². The SMILES string of the molecule is ClCCC=Cc1ccc2c(c1)CCN2. The van der Waals surface area contributed by atoms with Crippen molar-refractivity contribution in [3.63, 3.8) is 0 Å². The molecule has 1 nitrogen and oxygen atoms in total. The largest absolute Gasteiger partial charge is 0.384 e. The molecule has 74 valence electrons. The Morgan fingerprint density at radius 2 is 2.36 bits per heavy atom. The molecule has 1 aliphatic rings. The third kappa shape index (κ3) is 2.10. The number of fused-ring (bicyclic) bond motifs is 1. The van der Waals surface area contributed by atoms with Crippen LogP contribution in [0.3, 0.4) is 0 Å². The summed E-state index contributed by atoms with van der Waals surface area (Å²) in [7, 11) is 0. The summed E-state index contributed by atoms with van der Waals surface area (Å²) in [5, 5.41) is 3.35. The Morgan fingerprint density at radius 1 is 1.43 bits per heavy atom. The number of hydrogen-bond donors (Lipinski definition) is 1. The molecule has 1 N–H and O–H groups in total. The van der Waals surface area contributed by atoms with Crippen LogP contribution in [0.4, 0.5) is 5.69 Å². The molecular weight excluding hydrogens is 194 g/mol. The standard InChI is InChI=1S/C12H14ClN/c13-7-2-1-3-10-4-5-12-11(9-10)6-8-14-12/h1,3-5,9,14H,2,6-8H2. The minimum absolute atomic E-state index is 0.697. The second kappa shape index (κ2) is 4.52. The maximum Gasteiger partial charge on any atom is 0.0373 e. The first-order chi connectivity index (χ1) is 6.90. The molecule has 2 heteroatoms. The Balaban J connectivity index is 2.12. The zero-order valence-electron chi connectivity index (χ0n) is 8.09. The average molecular weight is 208 g/mol. The molecule has 0 aliphatic carbocycles. The zero-order valence-corrected chi connectivity index (χ0v) is 8.85. The Morgan fingerprint density at radius 3 is 3.21 bits per heavy atom. The predicted octanol–water partition coefficient (Wildman–Crippen LogP) is 3.30. The van der Waals surface area contributed by atoms with Crippen molar-refractivity contribution in [3.05, 3.63) is 35.4 Å². The maximum absolute atomic E-state index is 5.60. The number of anilines is 1. The number of halogens is 1. The first-order valence-electron chi connectivity index (χ1n) is 4.99. The van der Waals surface area contributed by atoms with Gasteiger partial charge in [0.2, 0.25) is 0 Å². The van der Waals surface area contributed by atoms with Crippen LogP contribution in [0, 0.1) is 0 Å². The van der Waals surface area contributed by atoms with Crippen molar-refractivity contribution in [2.45, 2.75) is 12.8 Å². The van der Waals surface area contributed by atoms with Crippen LogP contribution >= 0.6 is 11.6 Å². The second-order valence-corrected chi connectivity index (χ2v) is 3.85. The minimum Gasteiger partial charge on any atom is -0.384 e. The van der Waals surface area contributed by atoms with E-state index in [1.165, 1.54) is 16.8 Å². The lowest BCUT2D eigenvalue weighted by molar-refractivity contribution is 1.11. The third-order valence-electron chi connectivity index (χ3n) is 2.43. The fourth-order valence-electron chi connectivity index (χ4n) is 1.71. The second-order valence-electron chi connectivity index (χ2n) is 3.47. The highest BCUT2D eigenvalue weighted by Crippen LogP contribution is 2.23. The van der Waals surface area contributed by atoms with Crippen LogP contribution in [0.25, 0.3) is 6.08 Å². The van der Waals surface area contributed by atoms with Crippen molar-refractivity contribution in [3.8, 4) is 0 Å². The summed E-state index contributed by atoms with van der Waals surface area (Å²) in [6, 6.07) is 6.55. The number of hydrogen-bond acceptors (Lipinski definition) is 1. The van der Waals surface area contributed by atoms with Gasteiger partial charge in [0.25, 0.3) is 0 Å². The van der Waals surface area contributed by atoms with E-state index in [1.54, 1.807) is 0 Å². The number of allylic oxidation sites excluding steroid dienone is 1. The van der Waals surface area contributed by atoms with Gasteiger partial charge in [0.15, 0.2) is 0 Å². The topological polar surface area (TPSA) is 12.0 Å². The van der Waals surface area contributed by atoms with E-state index in [-0.39, 0.29) is 0 Å². The fraction of sp³-hybridized carbons (Fsp3) is 0.333. The number of benzene rings is 1. The molecule has 2 rings (SSSR count). The molecule has 14 heavy (non-hydrogen) atoms. The predicted molar refractivity (Wildman–Crippen MR) is 63.0 cm³/mol. The van der Waals surface area contributed by atoms with Crippen LogP contribution in [-0.2, 0) is 6.42 Å². The van der Waals surface area contributed by atoms with E-state index in [9.17, 15) is 0 Å². The van der Waals surface area contributed by atoms with Gasteiger partial charge in [-0.05, 0) is 36.1 Å². The van der Waals surface area contributed by atoms with Gasteiger partial charge < -0.3 is 5.32 Å². The molecule has 1 aliphatic heterocycles. The lowest BCUT2D eigenvalue weighted by Gasteiger charge is -2.00. The Bertz CT molecular complexity index is 344. The quantitative estimate of drug-likeness (QED) is 0.750. The van der Waals surface area contributed by atoms with E-state index >= 15 is 0 Å². The minimum atomic E-state index is 0.697. The molecule has 0 spiro atoms. The van der Waals surface area contributed by atoms with Crippen molar-refractivity contribution in [1.82, 2.24) is 0 Å². The molecule has 1 heterocycles. The molecule has 0 atom stereocenters. The van der Waals surface area contributed by atoms with Gasteiger partial charge in [0, 0.05) is 18.1 Å². The average Bonchev–Trinajstić information content (AvgIpc) is 2.65. The summed E-state index contributed by atoms with van der Waals surface area (Å²) in [6.45, 7) is 1.07. The Hall–Kier alpha value is -0.950. The van der Waals surface area contributed by atoms with Crippen LogP contribution in [0.1, 0.15) is 17.5 Å². The molecule has 1 aromatic carbocycles. The number of nitrogens with one attached hydrogen (secondary N) is 1. The molecule has 0 aromatic heterocycles. The summed E-state index contributed by atoms with van der Waals surface area (Å²) < 4.78 is 0. The molecule has 0 unspecified atom stereocenters. The normalized spacial score (nSPS) is 14.4. The van der Waals surface area contributed by atoms with E-state index < -0.39 is 0 Å². The van der Waals surface area contributed by atoms with Gasteiger partial charge in [-0.25, -0.2) is 0 Å². The molecule has 0 bridgehead atoms. The van der Waals surface area contributed by atoms with E-state index in [4.69, 9.17) is 11.6 Å². The zero-order chi connectivity index (χ0) is 9.80. The van der Waals surface area contributed by atoms with Crippen molar-refractivity contribution in [2.75, 3.05) is 17.7 Å². The molecule has 0 saturated carbocycles. The van der Waals surface area contributed by atoms with E-state index in [0.29, 0.717) is 5.88 Å². The van der Waals surface area contributed by atoms with Gasteiger partial charge in [-0.2, -0.15) is 0 Å². The summed E-state index contributed by atoms with van der Waals surface area (Å²) in [5.74, 6) is 0.697. The number of rotatable bonds is 3. The van der Waals surface area contributed by atoms with Gasteiger partial charge in [-0.1, -0.05) is 18.2 Å². The Kier molecular flexibility index (Phi) is 3.10. The molecular formula is C12H14ClN. The van der Waals surface area contributed by atoms with Gasteiger partial charge in [0.1, 0.15) is 0 Å². The highest BCUT2D eigenvalue weighted by atomic mass is 35.5. The monoisotopic (exact) mass is 207 g/mol. The van der Waals surface area contributed by atoms with E-state index in [2.05, 4.69) is 35.7 Å². The summed E-state index contributed by atoms with van der Waals surface area (Å²) in [5.41, 5.74) is 4.00. The van der Waals surface area contributed by atoms with E-state index in [0.717, 1.165) is 19.4 Å². The first-order valence-corrected chi connectivity index (χ1v) is 5.53. The summed E-state index contributed by atoms with van der Waals surface area (Å²) in [6.07, 6.45) is 6.35. The van der Waals surface area contributed by atoms with Gasteiger partial charge in [-0.15, -0.1) is 11.6 Å². The van der Waals surface area contributed by atoms with E-state index in [1.807, 2.05) is 0 Å². The van der Waals surface area contributed by atoms with Crippen molar-refractivity contribution >= 4 is 23.4 Å². The lowest BCUT2D eigenvalue weighted by Crippen LogP contribution is -1.90. The maximum atomic E-state index is 5.60. The van der Waals surface area contributed by atoms with Crippen molar-refractivity contribution in [1.29, 1.82) is 0 Å². The highest BCUT2D eigenvalue weighted by Gasteiger charge is 2.08. The van der Waals surface area contributed by atoms with Gasteiger partial charge >= 0.3 is 0 Å². The lowest BCUT2D eigenvalue weighted by atomic mass is 10.1. The molecule has 1 aromatic rings. The van der Waals surface area contributed by atoms with Crippen LogP contribution in [0.5, 0.6) is 0 Å². The van der Waals surface area contributed by atoms with Crippen LogP contribution in [0.15, 0.2) is 24.3 Å². The van der Waals surface area contributed by atoms with Gasteiger partial charge in [-0.3, -0.25) is 0 Å². The Labute approximate surface area is 89.8 Å². The highest BCUT2D eigenvalue weighted by molar-refractivity contribution is 6.17. The van der Waals surface area contributed by atoms with Crippen LogP contribution in [-0.4, -0.2) is 12.4 Å². The molecule has 0 radical (unpaired) electrons. The fourth-order valence-corrected chi connectivity index (χ4v) is 1.84. The molecule has 0 fully saturated rings. The first kappa shape index (κ1) is 9.60. The van der Waals surface area contributed by atoms with Crippen LogP contribution in [0.2, 0.25) is 0 Å². The third-order valence-corrected chi connectivity index (χ3v) is 2.64. The van der Waals surface area contributed by atoms with Crippen molar-refractivity contribution < 1.29 is 0 Å². The molecule has 0 saturated heterocycles. The van der Waals surface area contributed by atoms with Crippen molar-refractivity contribution in [2.24, 2.45) is 0 Å². The number of alkyl halides is 1. The smallest absolute Gasteiger partial charge is 0.0373 e. The summed E-state index contributed by atoms with van der Waals surface area (Å²) >= 11 is 5.60. The molecule has 0 amide bonds.